The van der Waals surface area contributed by atoms with E-state index in [1.54, 1.807) is 6.08 Å². The first kappa shape index (κ1) is 15.8. The summed E-state index contributed by atoms with van der Waals surface area (Å²) in [6, 6.07) is 17.7. The molecule has 0 radical (unpaired) electrons. The van der Waals surface area contributed by atoms with Crippen LogP contribution >= 0.6 is 0 Å². The third-order valence-electron chi connectivity index (χ3n) is 3.87. The van der Waals surface area contributed by atoms with Crippen molar-refractivity contribution in [2.75, 3.05) is 6.54 Å². The number of ether oxygens (including phenoxy) is 1. The minimum Gasteiger partial charge on any atom is -0.479 e. The van der Waals surface area contributed by atoms with Crippen LogP contribution < -0.4 is 0 Å². The molecule has 0 unspecified atom stereocenters. The summed E-state index contributed by atoms with van der Waals surface area (Å²) in [5.74, 6) is -1.07. The summed E-state index contributed by atoms with van der Waals surface area (Å²) >= 11 is 0. The molecule has 1 heterocycles. The minimum absolute atomic E-state index is 0.114. The normalized spacial score (nSPS) is 16.6. The Bertz CT molecular complexity index is 755. The van der Waals surface area contributed by atoms with Gasteiger partial charge in [0.05, 0.1) is 6.54 Å². The highest BCUT2D eigenvalue weighted by Gasteiger charge is 2.35. The average molecular weight is 323 g/mol. The van der Waals surface area contributed by atoms with Gasteiger partial charge in [0, 0.05) is 0 Å². The summed E-state index contributed by atoms with van der Waals surface area (Å²) in [6.45, 7) is 0.331. The van der Waals surface area contributed by atoms with Crippen molar-refractivity contribution in [2.24, 2.45) is 0 Å². The molecule has 0 saturated heterocycles. The van der Waals surface area contributed by atoms with Crippen molar-refractivity contribution in [1.29, 1.82) is 0 Å². The zero-order valence-electron chi connectivity index (χ0n) is 13.0. The number of rotatable bonds is 4. The molecule has 24 heavy (non-hydrogen) atoms. The molecule has 0 spiro atoms. The Balaban J connectivity index is 1.71. The molecule has 0 aliphatic carbocycles. The zero-order valence-corrected chi connectivity index (χ0v) is 13.0. The van der Waals surface area contributed by atoms with Gasteiger partial charge in [-0.3, -0.25) is 4.90 Å². The summed E-state index contributed by atoms with van der Waals surface area (Å²) in [7, 11) is 0. The molecule has 1 atom stereocenters. The van der Waals surface area contributed by atoms with E-state index >= 15 is 0 Å². The van der Waals surface area contributed by atoms with Crippen molar-refractivity contribution < 1.29 is 19.4 Å². The van der Waals surface area contributed by atoms with E-state index in [-0.39, 0.29) is 13.2 Å². The molecule has 0 saturated carbocycles. The molecular weight excluding hydrogens is 306 g/mol. The number of carboxylic acids is 1. The fraction of sp³-hybridized carbons (Fsp3) is 0.158. The monoisotopic (exact) mass is 323 g/mol. The molecular formula is C19H17NO4. The number of hydrogen-bond acceptors (Lipinski definition) is 3. The maximum absolute atomic E-state index is 12.3. The van der Waals surface area contributed by atoms with Gasteiger partial charge in [-0.05, 0) is 22.8 Å². The van der Waals surface area contributed by atoms with Crippen LogP contribution in [-0.2, 0) is 16.1 Å². The largest absolute Gasteiger partial charge is 0.479 e. The van der Waals surface area contributed by atoms with Gasteiger partial charge in [-0.1, -0.05) is 60.7 Å². The Labute approximate surface area is 139 Å². The number of aliphatic carboxylic acids is 1. The van der Waals surface area contributed by atoms with Crippen molar-refractivity contribution in [3.63, 3.8) is 0 Å². The molecule has 1 amide bonds. The molecule has 0 aromatic heterocycles. The maximum atomic E-state index is 12.3. The minimum atomic E-state index is -1.07. The van der Waals surface area contributed by atoms with Crippen LogP contribution in [0.15, 0.2) is 66.7 Å². The number of amides is 1. The van der Waals surface area contributed by atoms with Crippen molar-refractivity contribution in [1.82, 2.24) is 4.90 Å². The smallest absolute Gasteiger partial charge is 0.411 e. The quantitative estimate of drug-likeness (QED) is 0.938. The zero-order chi connectivity index (χ0) is 16.9. The highest BCUT2D eigenvalue weighted by atomic mass is 16.6. The summed E-state index contributed by atoms with van der Waals surface area (Å²) in [5.41, 5.74) is 2.56. The molecule has 5 heteroatoms. The van der Waals surface area contributed by atoms with Gasteiger partial charge in [0.1, 0.15) is 6.61 Å². The molecule has 2 aromatic carbocycles. The van der Waals surface area contributed by atoms with Crippen molar-refractivity contribution in [2.45, 2.75) is 12.6 Å². The van der Waals surface area contributed by atoms with Crippen molar-refractivity contribution >= 4 is 17.6 Å². The maximum Gasteiger partial charge on any atom is 0.411 e. The molecule has 1 aliphatic heterocycles. The van der Waals surface area contributed by atoms with Crippen molar-refractivity contribution in [3.8, 4) is 0 Å². The lowest BCUT2D eigenvalue weighted by Gasteiger charge is -2.21. The van der Waals surface area contributed by atoms with Gasteiger partial charge in [0.25, 0.3) is 0 Å². The first-order valence-electron chi connectivity index (χ1n) is 7.61. The van der Waals surface area contributed by atoms with Crippen LogP contribution in [0.4, 0.5) is 4.79 Å². The topological polar surface area (TPSA) is 66.8 Å². The van der Waals surface area contributed by atoms with E-state index in [4.69, 9.17) is 4.74 Å². The third-order valence-corrected chi connectivity index (χ3v) is 3.87. The fourth-order valence-electron chi connectivity index (χ4n) is 2.64. The van der Waals surface area contributed by atoms with E-state index in [0.29, 0.717) is 0 Å². The Morgan fingerprint density at radius 2 is 1.67 bits per heavy atom. The van der Waals surface area contributed by atoms with Crippen LogP contribution in [0.25, 0.3) is 5.57 Å². The van der Waals surface area contributed by atoms with Crippen LogP contribution in [0.3, 0.4) is 0 Å². The van der Waals surface area contributed by atoms with E-state index < -0.39 is 18.1 Å². The molecule has 1 N–H and O–H groups in total. The lowest BCUT2D eigenvalue weighted by atomic mass is 10.1. The SMILES string of the molecule is O=C(O)[C@@H]1C=C(c2ccccc2)CN1C(=O)OCc1ccccc1. The second-order valence-electron chi connectivity index (χ2n) is 5.51. The Hall–Kier alpha value is -3.08. The number of carbonyl (C=O) groups is 2. The van der Waals surface area contributed by atoms with Gasteiger partial charge in [0.2, 0.25) is 0 Å². The molecule has 5 nitrogen and oxygen atoms in total. The summed E-state index contributed by atoms with van der Waals surface area (Å²) in [6.07, 6.45) is 0.968. The standard InChI is InChI=1S/C19H17NO4/c21-18(22)17-11-16(15-9-5-2-6-10-15)12-20(17)19(23)24-13-14-7-3-1-4-8-14/h1-11,17H,12-13H2,(H,21,22)/t17-/m0/s1. The lowest BCUT2D eigenvalue weighted by molar-refractivity contribution is -0.140. The third kappa shape index (κ3) is 3.46. The summed E-state index contributed by atoms with van der Waals surface area (Å²) in [4.78, 5) is 25.0. The summed E-state index contributed by atoms with van der Waals surface area (Å²) in [5, 5.41) is 9.39. The number of benzene rings is 2. The molecule has 122 valence electrons. The summed E-state index contributed by atoms with van der Waals surface area (Å²) < 4.78 is 5.27. The van der Waals surface area contributed by atoms with Crippen LogP contribution in [-0.4, -0.2) is 34.7 Å². The van der Waals surface area contributed by atoms with E-state index in [9.17, 15) is 14.7 Å². The molecule has 1 aliphatic rings. The fourth-order valence-corrected chi connectivity index (χ4v) is 2.64. The molecule has 0 bridgehead atoms. The number of carboxylic acid groups (broad SMARTS) is 1. The van der Waals surface area contributed by atoms with E-state index in [2.05, 4.69) is 0 Å². The number of hydrogen-bond donors (Lipinski definition) is 1. The van der Waals surface area contributed by atoms with E-state index in [0.717, 1.165) is 16.7 Å². The van der Waals surface area contributed by atoms with Crippen LogP contribution in [0.2, 0.25) is 0 Å². The second-order valence-corrected chi connectivity index (χ2v) is 5.51. The molecule has 0 fully saturated rings. The average Bonchev–Trinajstić information content (AvgIpc) is 3.07. The molecule has 3 rings (SSSR count). The predicted octanol–water partition coefficient (Wildman–Crippen LogP) is 3.18. The van der Waals surface area contributed by atoms with Crippen LogP contribution in [0.5, 0.6) is 0 Å². The lowest BCUT2D eigenvalue weighted by Crippen LogP contribution is -2.41. The Morgan fingerprint density at radius 3 is 2.29 bits per heavy atom. The highest BCUT2D eigenvalue weighted by molar-refractivity contribution is 5.89. The Kier molecular flexibility index (Phi) is 4.61. The van der Waals surface area contributed by atoms with E-state index in [1.165, 1.54) is 4.90 Å². The van der Waals surface area contributed by atoms with Gasteiger partial charge in [0.15, 0.2) is 6.04 Å². The van der Waals surface area contributed by atoms with Gasteiger partial charge >= 0.3 is 12.1 Å². The van der Waals surface area contributed by atoms with E-state index in [1.807, 2.05) is 60.7 Å². The first-order valence-corrected chi connectivity index (χ1v) is 7.61. The Morgan fingerprint density at radius 1 is 1.04 bits per heavy atom. The van der Waals surface area contributed by atoms with Gasteiger partial charge in [-0.2, -0.15) is 0 Å². The number of carbonyl (C=O) groups excluding carboxylic acids is 1. The first-order chi connectivity index (χ1) is 11.6. The second kappa shape index (κ2) is 7.00. The van der Waals surface area contributed by atoms with Crippen LogP contribution in [0.1, 0.15) is 11.1 Å². The van der Waals surface area contributed by atoms with Crippen LogP contribution in [0, 0.1) is 0 Å². The van der Waals surface area contributed by atoms with Gasteiger partial charge < -0.3 is 9.84 Å². The van der Waals surface area contributed by atoms with Crippen molar-refractivity contribution in [3.05, 3.63) is 77.9 Å². The predicted molar refractivity (Wildman–Crippen MR) is 89.2 cm³/mol. The highest BCUT2D eigenvalue weighted by Crippen LogP contribution is 2.26. The van der Waals surface area contributed by atoms with Gasteiger partial charge in [-0.15, -0.1) is 0 Å². The molecule has 2 aromatic rings. The number of nitrogens with zero attached hydrogens (tertiary/aromatic N) is 1. The van der Waals surface area contributed by atoms with Gasteiger partial charge in [-0.25, -0.2) is 9.59 Å².